The van der Waals surface area contributed by atoms with Crippen LogP contribution < -0.4 is 5.73 Å². The maximum Gasteiger partial charge on any atom is 0.0378 e. The van der Waals surface area contributed by atoms with Gasteiger partial charge in [-0.05, 0) is 63.8 Å². The third-order valence-electron chi connectivity index (χ3n) is 3.15. The lowest BCUT2D eigenvalue weighted by molar-refractivity contribution is 1.16. The third-order valence-corrected chi connectivity index (χ3v) is 3.15. The van der Waals surface area contributed by atoms with E-state index in [1.807, 2.05) is 41.5 Å². The Balaban J connectivity index is 0. The van der Waals surface area contributed by atoms with Crippen LogP contribution in [0.3, 0.4) is 0 Å². The van der Waals surface area contributed by atoms with Crippen molar-refractivity contribution in [2.75, 3.05) is 0 Å². The summed E-state index contributed by atoms with van der Waals surface area (Å²) in [7, 11) is 0. The molecule has 19 heavy (non-hydrogen) atoms. The molecule has 0 aliphatic heterocycles. The Labute approximate surface area is 120 Å². The highest BCUT2D eigenvalue weighted by Gasteiger charge is 2.04. The number of allylic oxidation sites excluding steroid dienone is 7. The van der Waals surface area contributed by atoms with E-state index < -0.39 is 0 Å². The Hall–Kier alpha value is -1.50. The largest absolute Gasteiger partial charge is 0.398 e. The van der Waals surface area contributed by atoms with E-state index in [1.54, 1.807) is 0 Å². The smallest absolute Gasteiger partial charge is 0.0378 e. The van der Waals surface area contributed by atoms with E-state index in [0.717, 1.165) is 28.0 Å². The van der Waals surface area contributed by atoms with Gasteiger partial charge in [0, 0.05) is 5.70 Å². The van der Waals surface area contributed by atoms with Crippen molar-refractivity contribution in [3.8, 4) is 0 Å². The van der Waals surface area contributed by atoms with Crippen LogP contribution in [-0.2, 0) is 0 Å². The number of hydrogen-bond donors (Lipinski definition) is 1. The molecule has 0 aromatic rings. The Bertz CT molecular complexity index is 429. The van der Waals surface area contributed by atoms with Crippen LogP contribution in [-0.4, -0.2) is 0 Å². The molecule has 0 amide bonds. The highest BCUT2D eigenvalue weighted by atomic mass is 14.6. The maximum absolute atomic E-state index is 6.12. The Morgan fingerprint density at radius 1 is 0.789 bits per heavy atom. The second-order valence-electron chi connectivity index (χ2n) is 4.73. The zero-order chi connectivity index (χ0) is 15.7. The topological polar surface area (TPSA) is 26.0 Å². The fourth-order valence-electron chi connectivity index (χ4n) is 1.28. The van der Waals surface area contributed by atoms with E-state index in [4.69, 9.17) is 5.73 Å². The number of rotatable bonds is 4. The summed E-state index contributed by atoms with van der Waals surface area (Å²) in [5.74, 6) is 0. The van der Waals surface area contributed by atoms with Gasteiger partial charge < -0.3 is 5.73 Å². The number of hydrogen-bond acceptors (Lipinski definition) is 1. The third kappa shape index (κ3) is 6.85. The van der Waals surface area contributed by atoms with Crippen LogP contribution in [0.25, 0.3) is 0 Å². The molecule has 0 aromatic heterocycles. The molecule has 0 saturated heterocycles. The normalized spacial score (nSPS) is 13.8. The molecule has 0 radical (unpaired) electrons. The first kappa shape index (κ1) is 19.8. The van der Waals surface area contributed by atoms with Gasteiger partial charge in [-0.15, -0.1) is 0 Å². The minimum Gasteiger partial charge on any atom is -0.398 e. The first-order valence-corrected chi connectivity index (χ1v) is 6.82. The summed E-state index contributed by atoms with van der Waals surface area (Å²) in [6.07, 6.45) is 2.12. The van der Waals surface area contributed by atoms with Crippen molar-refractivity contribution in [2.24, 2.45) is 5.73 Å². The molecule has 0 spiro atoms. The lowest BCUT2D eigenvalue weighted by Crippen LogP contribution is -2.04. The molecule has 0 atom stereocenters. The first-order valence-electron chi connectivity index (χ1n) is 6.82. The molecule has 108 valence electrons. The van der Waals surface area contributed by atoms with Gasteiger partial charge in [-0.1, -0.05) is 44.2 Å². The second kappa shape index (κ2) is 9.43. The van der Waals surface area contributed by atoms with Crippen LogP contribution in [0.5, 0.6) is 0 Å². The minimum absolute atomic E-state index is 0.820. The minimum atomic E-state index is 0.820. The summed E-state index contributed by atoms with van der Waals surface area (Å²) in [6.45, 7) is 24.0. The van der Waals surface area contributed by atoms with Crippen LogP contribution in [0, 0.1) is 0 Å². The van der Waals surface area contributed by atoms with E-state index in [9.17, 15) is 0 Å². The first-order chi connectivity index (χ1) is 8.68. The Morgan fingerprint density at radius 3 is 1.53 bits per heavy atom. The van der Waals surface area contributed by atoms with Gasteiger partial charge in [0.05, 0.1) is 0 Å². The van der Waals surface area contributed by atoms with Crippen LogP contribution in [0.15, 0.2) is 58.4 Å². The van der Waals surface area contributed by atoms with Gasteiger partial charge in [-0.25, -0.2) is 0 Å². The summed E-state index contributed by atoms with van der Waals surface area (Å²) >= 11 is 0. The van der Waals surface area contributed by atoms with Crippen LogP contribution in [0.4, 0.5) is 0 Å². The molecule has 0 unspecified atom stereocenters. The summed E-state index contributed by atoms with van der Waals surface area (Å²) in [5.41, 5.74) is 13.5. The van der Waals surface area contributed by atoms with Crippen molar-refractivity contribution < 1.29 is 0 Å². The fraction of sp³-hybridized carbons (Fsp3) is 0.444. The monoisotopic (exact) mass is 261 g/mol. The van der Waals surface area contributed by atoms with Gasteiger partial charge in [0.1, 0.15) is 0 Å². The van der Waals surface area contributed by atoms with Crippen molar-refractivity contribution in [2.45, 2.75) is 55.4 Å². The van der Waals surface area contributed by atoms with Crippen molar-refractivity contribution >= 4 is 0 Å². The van der Waals surface area contributed by atoms with Crippen molar-refractivity contribution in [3.05, 3.63) is 58.4 Å². The summed E-state index contributed by atoms with van der Waals surface area (Å²) in [4.78, 5) is 0. The van der Waals surface area contributed by atoms with Crippen LogP contribution in [0.1, 0.15) is 55.4 Å². The molecule has 0 heterocycles. The van der Waals surface area contributed by atoms with E-state index in [0.29, 0.717) is 0 Å². The molecule has 0 fully saturated rings. The van der Waals surface area contributed by atoms with Crippen LogP contribution >= 0.6 is 0 Å². The summed E-state index contributed by atoms with van der Waals surface area (Å²) in [5, 5.41) is 0. The molecule has 1 nitrogen and oxygen atoms in total. The lowest BCUT2D eigenvalue weighted by atomic mass is 9.99. The zero-order valence-electron chi connectivity index (χ0n) is 14.1. The highest BCUT2D eigenvalue weighted by molar-refractivity contribution is 5.45. The zero-order valence-corrected chi connectivity index (χ0v) is 14.1. The van der Waals surface area contributed by atoms with Gasteiger partial charge in [0.2, 0.25) is 0 Å². The summed E-state index contributed by atoms with van der Waals surface area (Å²) in [6, 6.07) is 0. The van der Waals surface area contributed by atoms with Gasteiger partial charge in [0.25, 0.3) is 0 Å². The van der Waals surface area contributed by atoms with Crippen molar-refractivity contribution in [3.63, 3.8) is 0 Å². The number of nitrogens with two attached hydrogens (primary N) is 1. The quantitative estimate of drug-likeness (QED) is 0.647. The highest BCUT2D eigenvalue weighted by Crippen LogP contribution is 2.20. The predicted molar refractivity (Wildman–Crippen MR) is 90.0 cm³/mol. The maximum atomic E-state index is 6.12. The van der Waals surface area contributed by atoms with Gasteiger partial charge in [-0.3, -0.25) is 0 Å². The van der Waals surface area contributed by atoms with E-state index >= 15 is 0 Å². The standard InChI is InChI=1S/C16H25N.C2H6/c1-10(2)12(5)9-13(6)15(8)16(17)14(7)11(3)4;1-2/h9H,1,3,17H2,2,4-8H3;1-2H3/b12-9+,15-13+,16-14+;. The molecular weight excluding hydrogens is 230 g/mol. The van der Waals surface area contributed by atoms with Crippen LogP contribution in [0.2, 0.25) is 0 Å². The van der Waals surface area contributed by atoms with Crippen molar-refractivity contribution in [1.82, 2.24) is 0 Å². The second-order valence-corrected chi connectivity index (χ2v) is 4.73. The molecule has 0 saturated carbocycles. The van der Waals surface area contributed by atoms with E-state index in [-0.39, 0.29) is 0 Å². The Kier molecular flexibility index (Phi) is 9.85. The fourth-order valence-corrected chi connectivity index (χ4v) is 1.28. The lowest BCUT2D eigenvalue weighted by Gasteiger charge is -2.11. The molecule has 0 aliphatic carbocycles. The molecule has 0 bridgehead atoms. The molecule has 0 aliphatic rings. The van der Waals surface area contributed by atoms with Gasteiger partial charge >= 0.3 is 0 Å². The molecule has 2 N–H and O–H groups in total. The van der Waals surface area contributed by atoms with E-state index in [2.05, 4.69) is 33.1 Å². The average molecular weight is 261 g/mol. The van der Waals surface area contributed by atoms with Gasteiger partial charge in [0.15, 0.2) is 0 Å². The average Bonchev–Trinajstić information content (AvgIpc) is 2.37. The Morgan fingerprint density at radius 2 is 1.21 bits per heavy atom. The SMILES string of the molecule is C=C(C)/C(C)=C/C(C)=C(C)/C(N)=C(/C)C(=C)C.CC. The molecule has 0 aromatic carbocycles. The van der Waals surface area contributed by atoms with Gasteiger partial charge in [-0.2, -0.15) is 0 Å². The van der Waals surface area contributed by atoms with E-state index in [1.165, 1.54) is 11.1 Å². The predicted octanol–water partition coefficient (Wildman–Crippen LogP) is 5.68. The molecule has 0 rings (SSSR count). The van der Waals surface area contributed by atoms with Crippen molar-refractivity contribution in [1.29, 1.82) is 0 Å². The summed E-state index contributed by atoms with van der Waals surface area (Å²) < 4.78 is 0. The molecular formula is C18H31N. The molecule has 1 heteroatoms.